The molecule has 3 aromatic rings. The summed E-state index contributed by atoms with van der Waals surface area (Å²) in [6.45, 7) is 9.57. The SMILES string of the molecule is C=C[C@@](C(=O)O)(C(C)C)N(Cc1ccc(-c2ccccc2-c2nn[nH]n2)cc1)C(=O)CCCC. The molecule has 1 atom stereocenters. The first kappa shape index (κ1) is 24.8. The van der Waals surface area contributed by atoms with Crippen LogP contribution in [0.1, 0.15) is 45.6 Å². The second-order valence-corrected chi connectivity index (χ2v) is 8.55. The number of carboxylic acids is 1. The Bertz CT molecular complexity index is 1130. The maximum absolute atomic E-state index is 13.2. The fourth-order valence-corrected chi connectivity index (χ4v) is 4.17. The highest BCUT2D eigenvalue weighted by molar-refractivity contribution is 5.89. The number of carboxylic acid groups (broad SMARTS) is 1. The highest BCUT2D eigenvalue weighted by Crippen LogP contribution is 2.32. The van der Waals surface area contributed by atoms with Crippen molar-refractivity contribution < 1.29 is 14.7 Å². The summed E-state index contributed by atoms with van der Waals surface area (Å²) in [6.07, 6.45) is 3.23. The van der Waals surface area contributed by atoms with E-state index in [1.807, 2.05) is 55.5 Å². The third kappa shape index (κ3) is 4.90. The van der Waals surface area contributed by atoms with E-state index in [1.54, 1.807) is 13.8 Å². The number of unbranched alkanes of at least 4 members (excludes halogenated alkanes) is 1. The topological polar surface area (TPSA) is 112 Å². The number of hydrogen-bond donors (Lipinski definition) is 2. The molecule has 0 aliphatic rings. The molecule has 0 radical (unpaired) electrons. The number of amides is 1. The summed E-state index contributed by atoms with van der Waals surface area (Å²) in [5, 5.41) is 24.4. The Morgan fingerprint density at radius 2 is 1.82 bits per heavy atom. The number of carbonyl (C=O) groups is 2. The Kier molecular flexibility index (Phi) is 7.94. The van der Waals surface area contributed by atoms with Crippen LogP contribution in [0.2, 0.25) is 0 Å². The molecular formula is C26H31N5O3. The molecule has 8 nitrogen and oxygen atoms in total. The first-order valence-corrected chi connectivity index (χ1v) is 11.4. The quantitative estimate of drug-likeness (QED) is 0.400. The number of benzene rings is 2. The van der Waals surface area contributed by atoms with Crippen molar-refractivity contribution in [1.29, 1.82) is 0 Å². The Morgan fingerprint density at radius 3 is 2.35 bits per heavy atom. The zero-order valence-electron chi connectivity index (χ0n) is 19.9. The van der Waals surface area contributed by atoms with E-state index in [-0.39, 0.29) is 18.4 Å². The number of nitrogens with zero attached hydrogens (tertiary/aromatic N) is 4. The lowest BCUT2D eigenvalue weighted by Crippen LogP contribution is -2.58. The van der Waals surface area contributed by atoms with Gasteiger partial charge < -0.3 is 10.0 Å². The lowest BCUT2D eigenvalue weighted by Gasteiger charge is -2.41. The van der Waals surface area contributed by atoms with E-state index in [0.717, 1.165) is 28.7 Å². The van der Waals surface area contributed by atoms with Gasteiger partial charge >= 0.3 is 5.97 Å². The van der Waals surface area contributed by atoms with Crippen LogP contribution in [-0.2, 0) is 16.1 Å². The molecule has 8 heteroatoms. The number of aromatic nitrogens is 4. The number of aliphatic carboxylic acids is 1. The normalized spacial score (nSPS) is 12.8. The second-order valence-electron chi connectivity index (χ2n) is 8.55. The molecule has 178 valence electrons. The number of tetrazole rings is 1. The molecule has 2 N–H and O–H groups in total. The smallest absolute Gasteiger partial charge is 0.333 e. The first-order chi connectivity index (χ1) is 16.3. The predicted octanol–water partition coefficient (Wildman–Crippen LogP) is 4.72. The molecule has 1 amide bonds. The monoisotopic (exact) mass is 461 g/mol. The van der Waals surface area contributed by atoms with Gasteiger partial charge in [0.15, 0.2) is 5.54 Å². The van der Waals surface area contributed by atoms with Gasteiger partial charge in [0.2, 0.25) is 11.7 Å². The number of rotatable bonds is 11. The van der Waals surface area contributed by atoms with Crippen LogP contribution < -0.4 is 0 Å². The van der Waals surface area contributed by atoms with Crippen molar-refractivity contribution >= 4 is 11.9 Å². The number of aromatic amines is 1. The van der Waals surface area contributed by atoms with E-state index in [1.165, 1.54) is 11.0 Å². The zero-order valence-corrected chi connectivity index (χ0v) is 19.9. The van der Waals surface area contributed by atoms with Crippen molar-refractivity contribution in [1.82, 2.24) is 25.5 Å². The van der Waals surface area contributed by atoms with E-state index < -0.39 is 11.5 Å². The van der Waals surface area contributed by atoms with Gasteiger partial charge in [0.1, 0.15) is 0 Å². The summed E-state index contributed by atoms with van der Waals surface area (Å²) in [5.41, 5.74) is 2.08. The van der Waals surface area contributed by atoms with Crippen molar-refractivity contribution in [3.05, 3.63) is 66.7 Å². The average molecular weight is 462 g/mol. The minimum absolute atomic E-state index is 0.172. The molecule has 0 saturated heterocycles. The van der Waals surface area contributed by atoms with Gasteiger partial charge in [0, 0.05) is 18.5 Å². The highest BCUT2D eigenvalue weighted by Gasteiger charge is 2.46. The Morgan fingerprint density at radius 1 is 1.15 bits per heavy atom. The molecule has 0 bridgehead atoms. The van der Waals surface area contributed by atoms with Gasteiger partial charge in [-0.05, 0) is 34.2 Å². The molecule has 34 heavy (non-hydrogen) atoms. The van der Waals surface area contributed by atoms with Gasteiger partial charge in [-0.25, -0.2) is 4.79 Å². The van der Waals surface area contributed by atoms with Crippen LogP contribution in [-0.4, -0.2) is 48.0 Å². The lowest BCUT2D eigenvalue weighted by molar-refractivity contribution is -0.159. The van der Waals surface area contributed by atoms with Crippen LogP contribution in [0.5, 0.6) is 0 Å². The van der Waals surface area contributed by atoms with Gasteiger partial charge in [-0.3, -0.25) is 4.79 Å². The van der Waals surface area contributed by atoms with Crippen molar-refractivity contribution in [3.63, 3.8) is 0 Å². The number of nitrogens with one attached hydrogen (secondary N) is 1. The van der Waals surface area contributed by atoms with E-state index in [9.17, 15) is 14.7 Å². The van der Waals surface area contributed by atoms with Gasteiger partial charge in [-0.2, -0.15) is 5.21 Å². The molecule has 0 saturated carbocycles. The Labute approximate surface area is 199 Å². The summed E-state index contributed by atoms with van der Waals surface area (Å²) >= 11 is 0. The zero-order chi connectivity index (χ0) is 24.7. The highest BCUT2D eigenvalue weighted by atomic mass is 16.4. The molecule has 0 unspecified atom stereocenters. The molecule has 0 fully saturated rings. The molecule has 1 heterocycles. The minimum atomic E-state index is -1.49. The largest absolute Gasteiger partial charge is 0.479 e. The Balaban J connectivity index is 1.95. The molecule has 0 aliphatic heterocycles. The fourth-order valence-electron chi connectivity index (χ4n) is 4.17. The van der Waals surface area contributed by atoms with Crippen molar-refractivity contribution in [2.45, 2.75) is 52.1 Å². The molecular weight excluding hydrogens is 430 g/mol. The summed E-state index contributed by atoms with van der Waals surface area (Å²) in [6, 6.07) is 15.5. The van der Waals surface area contributed by atoms with E-state index in [0.29, 0.717) is 18.7 Å². The standard InChI is InChI=1S/C26H31N5O3/c1-5-7-12-23(32)31(26(6-2,18(3)4)25(33)34)17-19-13-15-20(16-14-19)21-10-8-9-11-22(21)24-27-29-30-28-24/h6,8-11,13-16,18H,2,5,7,12,17H2,1,3-4H3,(H,33,34)(H,27,28,29,30)/t26-/m0/s1. The number of hydrogen-bond acceptors (Lipinski definition) is 5. The van der Waals surface area contributed by atoms with Crippen LogP contribution >= 0.6 is 0 Å². The van der Waals surface area contributed by atoms with Gasteiger partial charge in [0.05, 0.1) is 0 Å². The lowest BCUT2D eigenvalue weighted by atomic mass is 9.83. The predicted molar refractivity (Wildman–Crippen MR) is 131 cm³/mol. The maximum atomic E-state index is 13.2. The summed E-state index contributed by atoms with van der Waals surface area (Å²) in [4.78, 5) is 27.0. The van der Waals surface area contributed by atoms with Crippen LogP contribution in [0.15, 0.2) is 61.2 Å². The van der Waals surface area contributed by atoms with Gasteiger partial charge in [-0.1, -0.05) is 81.8 Å². The fraction of sp³-hybridized carbons (Fsp3) is 0.346. The van der Waals surface area contributed by atoms with E-state index >= 15 is 0 Å². The molecule has 3 rings (SSSR count). The van der Waals surface area contributed by atoms with Gasteiger partial charge in [-0.15, -0.1) is 16.8 Å². The first-order valence-electron chi connectivity index (χ1n) is 11.4. The van der Waals surface area contributed by atoms with Crippen LogP contribution in [0.3, 0.4) is 0 Å². The van der Waals surface area contributed by atoms with Crippen LogP contribution in [0, 0.1) is 5.92 Å². The number of carbonyl (C=O) groups excluding carboxylic acids is 1. The van der Waals surface area contributed by atoms with Crippen molar-refractivity contribution in [3.8, 4) is 22.5 Å². The maximum Gasteiger partial charge on any atom is 0.333 e. The van der Waals surface area contributed by atoms with Crippen LogP contribution in [0.25, 0.3) is 22.5 Å². The summed E-state index contributed by atoms with van der Waals surface area (Å²) in [7, 11) is 0. The van der Waals surface area contributed by atoms with Crippen molar-refractivity contribution in [2.24, 2.45) is 5.92 Å². The number of H-pyrrole nitrogens is 1. The molecule has 0 aliphatic carbocycles. The average Bonchev–Trinajstić information content (AvgIpc) is 3.37. The van der Waals surface area contributed by atoms with Gasteiger partial charge in [0.25, 0.3) is 0 Å². The molecule has 1 aromatic heterocycles. The minimum Gasteiger partial charge on any atom is -0.479 e. The third-order valence-electron chi connectivity index (χ3n) is 6.14. The van der Waals surface area contributed by atoms with E-state index in [2.05, 4.69) is 27.2 Å². The molecule has 2 aromatic carbocycles. The van der Waals surface area contributed by atoms with E-state index in [4.69, 9.17) is 0 Å². The summed E-state index contributed by atoms with van der Waals surface area (Å²) < 4.78 is 0. The second kappa shape index (κ2) is 10.9. The summed E-state index contributed by atoms with van der Waals surface area (Å²) in [5.74, 6) is -1.12. The van der Waals surface area contributed by atoms with Crippen LogP contribution in [0.4, 0.5) is 0 Å². The molecule has 0 spiro atoms. The van der Waals surface area contributed by atoms with Crippen molar-refractivity contribution in [2.75, 3.05) is 0 Å². The third-order valence-corrected chi connectivity index (χ3v) is 6.14. The Hall–Kier alpha value is -3.81.